The number of sulfonamides is 1. The highest BCUT2D eigenvalue weighted by Gasteiger charge is 2.17. The van der Waals surface area contributed by atoms with Gasteiger partial charge in [-0.05, 0) is 24.8 Å². The summed E-state index contributed by atoms with van der Waals surface area (Å²) in [5, 5.41) is 1.76. The molecule has 0 spiro atoms. The molecule has 80 valence electrons. The van der Waals surface area contributed by atoms with Crippen molar-refractivity contribution in [3.63, 3.8) is 0 Å². The summed E-state index contributed by atoms with van der Waals surface area (Å²) in [6.07, 6.45) is 1.85. The van der Waals surface area contributed by atoms with E-state index in [9.17, 15) is 8.42 Å². The van der Waals surface area contributed by atoms with Gasteiger partial charge in [-0.25, -0.2) is 13.1 Å². The Morgan fingerprint density at radius 1 is 1.57 bits per heavy atom. The van der Waals surface area contributed by atoms with E-state index in [-0.39, 0.29) is 6.04 Å². The lowest BCUT2D eigenvalue weighted by molar-refractivity contribution is 0.545. The van der Waals surface area contributed by atoms with Crippen LogP contribution < -0.4 is 4.72 Å². The molecule has 3 nitrogen and oxygen atoms in total. The first-order chi connectivity index (χ1) is 6.56. The van der Waals surface area contributed by atoms with Crippen molar-refractivity contribution >= 4 is 21.4 Å². The van der Waals surface area contributed by atoms with Crippen molar-refractivity contribution in [3.05, 3.63) is 17.5 Å². The Labute approximate surface area is 89.2 Å². The molecular weight excluding hydrogens is 218 g/mol. The second-order valence-corrected chi connectivity index (χ2v) is 6.13. The van der Waals surface area contributed by atoms with Gasteiger partial charge in [0.25, 0.3) is 0 Å². The van der Waals surface area contributed by atoms with Crippen molar-refractivity contribution in [3.8, 4) is 0 Å². The van der Waals surface area contributed by atoms with Gasteiger partial charge in [0.15, 0.2) is 0 Å². The summed E-state index contributed by atoms with van der Waals surface area (Å²) >= 11 is 1.24. The van der Waals surface area contributed by atoms with Gasteiger partial charge < -0.3 is 0 Å². The third-order valence-electron chi connectivity index (χ3n) is 1.84. The Balaban J connectivity index is 2.68. The molecule has 5 heteroatoms. The zero-order chi connectivity index (χ0) is 10.6. The van der Waals surface area contributed by atoms with Gasteiger partial charge >= 0.3 is 0 Å². The average Bonchev–Trinajstić information content (AvgIpc) is 2.54. The first-order valence-corrected chi connectivity index (χ1v) is 6.98. The van der Waals surface area contributed by atoms with Crippen molar-refractivity contribution in [2.24, 2.45) is 0 Å². The minimum atomic E-state index is -3.27. The highest BCUT2D eigenvalue weighted by Crippen LogP contribution is 2.16. The van der Waals surface area contributed by atoms with Crippen LogP contribution in [0.3, 0.4) is 0 Å². The minimum absolute atomic E-state index is 0.00657. The maximum absolute atomic E-state index is 11.7. The predicted molar refractivity (Wildman–Crippen MR) is 59.0 cm³/mol. The summed E-state index contributed by atoms with van der Waals surface area (Å²) in [4.78, 5) is 0. The quantitative estimate of drug-likeness (QED) is 0.847. The van der Waals surface area contributed by atoms with E-state index in [2.05, 4.69) is 4.72 Å². The highest BCUT2D eigenvalue weighted by molar-refractivity contribution is 7.91. The zero-order valence-electron chi connectivity index (χ0n) is 8.36. The second-order valence-electron chi connectivity index (χ2n) is 3.24. The summed E-state index contributed by atoms with van der Waals surface area (Å²) in [7, 11) is -3.27. The van der Waals surface area contributed by atoms with Crippen molar-refractivity contribution < 1.29 is 8.42 Å². The standard InChI is InChI=1S/C9H15NO2S2/c1-3-5-8(2)10-14(11,12)9-6-4-7-13-9/h4,6-8,10H,3,5H2,1-2H3/t8-/m0/s1. The topological polar surface area (TPSA) is 46.2 Å². The van der Waals surface area contributed by atoms with E-state index in [1.165, 1.54) is 11.3 Å². The van der Waals surface area contributed by atoms with Crippen LogP contribution in [-0.2, 0) is 10.0 Å². The molecule has 0 amide bonds. The predicted octanol–water partition coefficient (Wildman–Crippen LogP) is 2.21. The molecule has 1 aromatic rings. The fourth-order valence-corrected chi connectivity index (χ4v) is 3.52. The molecule has 0 bridgehead atoms. The van der Waals surface area contributed by atoms with Gasteiger partial charge in [0, 0.05) is 6.04 Å². The molecule has 0 aliphatic heterocycles. The number of nitrogens with one attached hydrogen (secondary N) is 1. The SMILES string of the molecule is CCC[C@H](C)NS(=O)(=O)c1cccs1. The molecule has 0 aliphatic carbocycles. The molecule has 0 fully saturated rings. The van der Waals surface area contributed by atoms with Crippen LogP contribution in [-0.4, -0.2) is 14.5 Å². The molecule has 0 radical (unpaired) electrons. The van der Waals surface area contributed by atoms with E-state index in [4.69, 9.17) is 0 Å². The molecule has 1 heterocycles. The van der Waals surface area contributed by atoms with Crippen LogP contribution in [0.25, 0.3) is 0 Å². The smallest absolute Gasteiger partial charge is 0.208 e. The lowest BCUT2D eigenvalue weighted by Gasteiger charge is -2.11. The van der Waals surface area contributed by atoms with Gasteiger partial charge in [-0.2, -0.15) is 0 Å². The Hall–Kier alpha value is -0.390. The molecule has 0 aromatic carbocycles. The van der Waals surface area contributed by atoms with Gasteiger partial charge in [-0.1, -0.05) is 19.4 Å². The summed E-state index contributed by atoms with van der Waals surface area (Å²) in [5.74, 6) is 0. The van der Waals surface area contributed by atoms with Crippen LogP contribution in [0.1, 0.15) is 26.7 Å². The number of hydrogen-bond acceptors (Lipinski definition) is 3. The van der Waals surface area contributed by atoms with Crippen molar-refractivity contribution in [1.82, 2.24) is 4.72 Å². The van der Waals surface area contributed by atoms with Crippen LogP contribution in [0.4, 0.5) is 0 Å². The van der Waals surface area contributed by atoms with Crippen LogP contribution in [0, 0.1) is 0 Å². The van der Waals surface area contributed by atoms with Gasteiger partial charge in [0.1, 0.15) is 4.21 Å². The molecule has 1 aromatic heterocycles. The van der Waals surface area contributed by atoms with E-state index >= 15 is 0 Å². The summed E-state index contributed by atoms with van der Waals surface area (Å²) in [6, 6.07) is 3.36. The van der Waals surface area contributed by atoms with Gasteiger partial charge in [-0.3, -0.25) is 0 Å². The molecule has 0 saturated carbocycles. The zero-order valence-corrected chi connectivity index (χ0v) is 9.99. The molecule has 1 rings (SSSR count). The monoisotopic (exact) mass is 233 g/mol. The minimum Gasteiger partial charge on any atom is -0.208 e. The lowest BCUT2D eigenvalue weighted by atomic mass is 10.2. The molecule has 14 heavy (non-hydrogen) atoms. The summed E-state index contributed by atoms with van der Waals surface area (Å²) in [5.41, 5.74) is 0. The lowest BCUT2D eigenvalue weighted by Crippen LogP contribution is -2.31. The maximum atomic E-state index is 11.7. The Morgan fingerprint density at radius 3 is 2.79 bits per heavy atom. The third-order valence-corrected chi connectivity index (χ3v) is 4.82. The molecule has 0 unspecified atom stereocenters. The fourth-order valence-electron chi connectivity index (χ4n) is 1.23. The van der Waals surface area contributed by atoms with Gasteiger partial charge in [0.2, 0.25) is 10.0 Å². The highest BCUT2D eigenvalue weighted by atomic mass is 32.2. The third kappa shape index (κ3) is 3.08. The maximum Gasteiger partial charge on any atom is 0.250 e. The summed E-state index contributed by atoms with van der Waals surface area (Å²) < 4.78 is 26.4. The van der Waals surface area contributed by atoms with E-state index in [0.717, 1.165) is 12.8 Å². The van der Waals surface area contributed by atoms with Crippen LogP contribution in [0.15, 0.2) is 21.7 Å². The van der Waals surface area contributed by atoms with E-state index in [0.29, 0.717) is 4.21 Å². The molecule has 0 saturated heterocycles. The Kier molecular flexibility index (Phi) is 4.10. The number of hydrogen-bond donors (Lipinski definition) is 1. The van der Waals surface area contributed by atoms with E-state index in [1.54, 1.807) is 17.5 Å². The number of thiophene rings is 1. The van der Waals surface area contributed by atoms with E-state index in [1.807, 2.05) is 13.8 Å². The number of rotatable bonds is 5. The fraction of sp³-hybridized carbons (Fsp3) is 0.556. The average molecular weight is 233 g/mol. The first-order valence-electron chi connectivity index (χ1n) is 4.62. The van der Waals surface area contributed by atoms with Crippen molar-refractivity contribution in [1.29, 1.82) is 0 Å². The molecule has 0 aliphatic rings. The van der Waals surface area contributed by atoms with Crippen molar-refractivity contribution in [2.75, 3.05) is 0 Å². The Bertz CT molecular complexity index is 356. The van der Waals surface area contributed by atoms with Gasteiger partial charge in [-0.15, -0.1) is 11.3 Å². The largest absolute Gasteiger partial charge is 0.250 e. The normalized spacial score (nSPS) is 14.1. The van der Waals surface area contributed by atoms with Gasteiger partial charge in [0.05, 0.1) is 0 Å². The second kappa shape index (κ2) is 4.91. The molecule has 1 N–H and O–H groups in total. The van der Waals surface area contributed by atoms with Crippen LogP contribution in [0.5, 0.6) is 0 Å². The van der Waals surface area contributed by atoms with Crippen molar-refractivity contribution in [2.45, 2.75) is 36.9 Å². The molecule has 1 atom stereocenters. The summed E-state index contributed by atoms with van der Waals surface area (Å²) in [6.45, 7) is 3.92. The Morgan fingerprint density at radius 2 is 2.29 bits per heavy atom. The van der Waals surface area contributed by atoms with Crippen LogP contribution >= 0.6 is 11.3 Å². The van der Waals surface area contributed by atoms with E-state index < -0.39 is 10.0 Å². The van der Waals surface area contributed by atoms with Crippen LogP contribution in [0.2, 0.25) is 0 Å². The molecular formula is C9H15NO2S2. The first kappa shape index (κ1) is 11.7.